The van der Waals surface area contributed by atoms with Gasteiger partial charge in [0.05, 0.1) is 0 Å². The normalized spacial score (nSPS) is 10.7. The summed E-state index contributed by atoms with van der Waals surface area (Å²) in [7, 11) is 1.66. The van der Waals surface area contributed by atoms with Crippen LogP contribution in [0.15, 0.2) is 0 Å². The SMILES string of the molecule is CCC[C@H](NC)C(=O)O.Cl.Cl. The fraction of sp³-hybridized carbons (Fsp3) is 0.833. The second-order valence-corrected chi connectivity index (χ2v) is 1.97. The van der Waals surface area contributed by atoms with Crippen LogP contribution in [-0.2, 0) is 4.79 Å². The first-order chi connectivity index (χ1) is 4.22. The van der Waals surface area contributed by atoms with Gasteiger partial charge in [0.25, 0.3) is 0 Å². The smallest absolute Gasteiger partial charge is 0.320 e. The van der Waals surface area contributed by atoms with Crippen molar-refractivity contribution in [2.24, 2.45) is 0 Å². The van der Waals surface area contributed by atoms with Crippen LogP contribution in [0.5, 0.6) is 0 Å². The van der Waals surface area contributed by atoms with Crippen LogP contribution in [0.1, 0.15) is 19.8 Å². The molecule has 0 aromatic carbocycles. The lowest BCUT2D eigenvalue weighted by Gasteiger charge is -2.07. The Morgan fingerprint density at radius 3 is 2.09 bits per heavy atom. The minimum Gasteiger partial charge on any atom is -0.480 e. The first-order valence-corrected chi connectivity index (χ1v) is 3.12. The van der Waals surface area contributed by atoms with E-state index in [-0.39, 0.29) is 30.9 Å². The number of hydrogen-bond donors (Lipinski definition) is 2. The van der Waals surface area contributed by atoms with Crippen molar-refractivity contribution in [1.82, 2.24) is 5.32 Å². The van der Waals surface area contributed by atoms with Gasteiger partial charge in [0, 0.05) is 0 Å². The highest BCUT2D eigenvalue weighted by molar-refractivity contribution is 5.85. The molecule has 70 valence electrons. The summed E-state index contributed by atoms with van der Waals surface area (Å²) in [6.45, 7) is 1.97. The lowest BCUT2D eigenvalue weighted by atomic mass is 10.2. The molecule has 0 heterocycles. The van der Waals surface area contributed by atoms with Crippen LogP contribution in [-0.4, -0.2) is 24.2 Å². The summed E-state index contributed by atoms with van der Waals surface area (Å²) in [5.74, 6) is -0.764. The molecular weight excluding hydrogens is 189 g/mol. The molecule has 0 aromatic heterocycles. The molecule has 0 unspecified atom stereocenters. The Balaban J connectivity index is -0.000000320. The van der Waals surface area contributed by atoms with Crippen molar-refractivity contribution in [3.05, 3.63) is 0 Å². The molecule has 0 aliphatic heterocycles. The van der Waals surface area contributed by atoms with E-state index < -0.39 is 5.97 Å². The first kappa shape index (κ1) is 17.2. The minimum absolute atomic E-state index is 0. The van der Waals surface area contributed by atoms with Crippen LogP contribution in [0.3, 0.4) is 0 Å². The van der Waals surface area contributed by atoms with E-state index in [2.05, 4.69) is 5.32 Å². The Hall–Kier alpha value is 0.01000. The summed E-state index contributed by atoms with van der Waals surface area (Å²) in [5.41, 5.74) is 0. The number of likely N-dealkylation sites (N-methyl/N-ethyl adjacent to an activating group) is 1. The first-order valence-electron chi connectivity index (χ1n) is 3.12. The van der Waals surface area contributed by atoms with E-state index in [9.17, 15) is 4.79 Å². The number of hydrogen-bond acceptors (Lipinski definition) is 2. The Labute approximate surface area is 79.4 Å². The van der Waals surface area contributed by atoms with Crippen molar-refractivity contribution >= 4 is 30.8 Å². The zero-order valence-electron chi connectivity index (χ0n) is 6.66. The van der Waals surface area contributed by atoms with Crippen molar-refractivity contribution in [2.45, 2.75) is 25.8 Å². The summed E-state index contributed by atoms with van der Waals surface area (Å²) in [6, 6.07) is -0.366. The van der Waals surface area contributed by atoms with Crippen molar-refractivity contribution in [3.63, 3.8) is 0 Å². The molecule has 0 spiro atoms. The molecule has 0 aliphatic rings. The summed E-state index contributed by atoms with van der Waals surface area (Å²) < 4.78 is 0. The summed E-state index contributed by atoms with van der Waals surface area (Å²) in [4.78, 5) is 10.3. The average Bonchev–Trinajstić information content (AvgIpc) is 1.82. The number of rotatable bonds is 4. The minimum atomic E-state index is -0.764. The third kappa shape index (κ3) is 7.91. The van der Waals surface area contributed by atoms with Crippen LogP contribution in [0.25, 0.3) is 0 Å². The second-order valence-electron chi connectivity index (χ2n) is 1.97. The predicted molar refractivity (Wildman–Crippen MR) is 49.9 cm³/mol. The third-order valence-electron chi connectivity index (χ3n) is 1.22. The molecule has 0 aromatic rings. The lowest BCUT2D eigenvalue weighted by molar-refractivity contribution is -0.139. The highest BCUT2D eigenvalue weighted by atomic mass is 35.5. The number of carboxylic acid groups (broad SMARTS) is 1. The largest absolute Gasteiger partial charge is 0.480 e. The fourth-order valence-electron chi connectivity index (χ4n) is 0.680. The quantitative estimate of drug-likeness (QED) is 0.725. The third-order valence-corrected chi connectivity index (χ3v) is 1.22. The van der Waals surface area contributed by atoms with Gasteiger partial charge in [-0.05, 0) is 13.5 Å². The van der Waals surface area contributed by atoms with Crippen molar-refractivity contribution in [2.75, 3.05) is 7.05 Å². The molecule has 1 atom stereocenters. The van der Waals surface area contributed by atoms with Gasteiger partial charge >= 0.3 is 5.97 Å². The number of halogens is 2. The molecule has 0 bridgehead atoms. The van der Waals surface area contributed by atoms with Crippen LogP contribution in [0, 0.1) is 0 Å². The highest BCUT2D eigenvalue weighted by Crippen LogP contribution is 1.94. The Kier molecular flexibility index (Phi) is 15.6. The summed E-state index contributed by atoms with van der Waals surface area (Å²) in [6.07, 6.45) is 1.60. The van der Waals surface area contributed by atoms with Crippen LogP contribution >= 0.6 is 24.8 Å². The van der Waals surface area contributed by atoms with Crippen molar-refractivity contribution in [1.29, 1.82) is 0 Å². The van der Waals surface area contributed by atoms with E-state index in [1.807, 2.05) is 6.92 Å². The number of nitrogens with one attached hydrogen (secondary N) is 1. The van der Waals surface area contributed by atoms with Gasteiger partial charge in [0.2, 0.25) is 0 Å². The van der Waals surface area contributed by atoms with Crippen LogP contribution in [0.4, 0.5) is 0 Å². The van der Waals surface area contributed by atoms with Gasteiger partial charge in [0.15, 0.2) is 0 Å². The monoisotopic (exact) mass is 203 g/mol. The molecule has 0 saturated heterocycles. The van der Waals surface area contributed by atoms with E-state index in [1.54, 1.807) is 7.05 Å². The zero-order chi connectivity index (χ0) is 7.28. The Morgan fingerprint density at radius 2 is 2.00 bits per heavy atom. The molecule has 3 nitrogen and oxygen atoms in total. The molecule has 0 saturated carbocycles. The number of aliphatic carboxylic acids is 1. The molecule has 0 fully saturated rings. The van der Waals surface area contributed by atoms with Crippen LogP contribution < -0.4 is 5.32 Å². The maximum Gasteiger partial charge on any atom is 0.320 e. The predicted octanol–water partition coefficient (Wildman–Crippen LogP) is 1.30. The van der Waals surface area contributed by atoms with Crippen molar-refractivity contribution < 1.29 is 9.90 Å². The van der Waals surface area contributed by atoms with E-state index in [0.29, 0.717) is 6.42 Å². The molecule has 0 aliphatic carbocycles. The standard InChI is InChI=1S/C6H13NO2.2ClH/c1-3-4-5(7-2)6(8)9;;/h5,7H,3-4H2,1-2H3,(H,8,9);2*1H/t5-;;/m0../s1. The number of carboxylic acids is 1. The summed E-state index contributed by atoms with van der Waals surface area (Å²) in [5, 5.41) is 11.1. The fourth-order valence-corrected chi connectivity index (χ4v) is 0.680. The molecular formula is C6H15Cl2NO2. The van der Waals surface area contributed by atoms with Gasteiger partial charge in [0.1, 0.15) is 6.04 Å². The molecule has 11 heavy (non-hydrogen) atoms. The van der Waals surface area contributed by atoms with E-state index in [1.165, 1.54) is 0 Å². The Bertz CT molecular complexity index is 101. The van der Waals surface area contributed by atoms with E-state index >= 15 is 0 Å². The van der Waals surface area contributed by atoms with Gasteiger partial charge in [-0.3, -0.25) is 4.79 Å². The van der Waals surface area contributed by atoms with Gasteiger partial charge in [-0.2, -0.15) is 0 Å². The van der Waals surface area contributed by atoms with Gasteiger partial charge in [-0.25, -0.2) is 0 Å². The van der Waals surface area contributed by atoms with Gasteiger partial charge < -0.3 is 10.4 Å². The lowest BCUT2D eigenvalue weighted by Crippen LogP contribution is -2.33. The topological polar surface area (TPSA) is 49.3 Å². The molecule has 0 rings (SSSR count). The van der Waals surface area contributed by atoms with E-state index in [4.69, 9.17) is 5.11 Å². The average molecular weight is 204 g/mol. The molecule has 2 N–H and O–H groups in total. The van der Waals surface area contributed by atoms with E-state index in [0.717, 1.165) is 6.42 Å². The second kappa shape index (κ2) is 10.0. The zero-order valence-corrected chi connectivity index (χ0v) is 8.30. The number of carbonyl (C=O) groups is 1. The summed E-state index contributed by atoms with van der Waals surface area (Å²) >= 11 is 0. The van der Waals surface area contributed by atoms with Crippen molar-refractivity contribution in [3.8, 4) is 0 Å². The molecule has 0 radical (unpaired) electrons. The van der Waals surface area contributed by atoms with Crippen LogP contribution in [0.2, 0.25) is 0 Å². The molecule has 0 amide bonds. The van der Waals surface area contributed by atoms with Gasteiger partial charge in [-0.1, -0.05) is 13.3 Å². The maximum absolute atomic E-state index is 10.3. The highest BCUT2D eigenvalue weighted by Gasteiger charge is 2.11. The Morgan fingerprint density at radius 1 is 1.55 bits per heavy atom. The maximum atomic E-state index is 10.3. The molecule has 5 heteroatoms. The van der Waals surface area contributed by atoms with Gasteiger partial charge in [-0.15, -0.1) is 24.8 Å².